The van der Waals surface area contributed by atoms with Gasteiger partial charge >= 0.3 is 11.8 Å². The highest BCUT2D eigenvalue weighted by molar-refractivity contribution is 6.39. The third kappa shape index (κ3) is 4.72. The quantitative estimate of drug-likeness (QED) is 0.730. The van der Waals surface area contributed by atoms with Crippen molar-refractivity contribution in [2.45, 2.75) is 13.0 Å². The summed E-state index contributed by atoms with van der Waals surface area (Å²) in [6.45, 7) is 5.16. The van der Waals surface area contributed by atoms with Crippen LogP contribution >= 0.6 is 0 Å². The Bertz CT molecular complexity index is 927. The van der Waals surface area contributed by atoms with E-state index in [0.29, 0.717) is 36.9 Å². The molecule has 8 heteroatoms. The van der Waals surface area contributed by atoms with Gasteiger partial charge in [0.05, 0.1) is 19.3 Å². The average molecular weight is 411 g/mol. The molecular formula is C22H25N3O5. The van der Waals surface area contributed by atoms with E-state index in [1.807, 2.05) is 43.3 Å². The van der Waals surface area contributed by atoms with E-state index < -0.39 is 11.8 Å². The molecule has 0 saturated carbocycles. The Hall–Kier alpha value is -3.10. The van der Waals surface area contributed by atoms with E-state index in [1.54, 1.807) is 6.07 Å². The van der Waals surface area contributed by atoms with Crippen LogP contribution in [-0.4, -0.2) is 56.4 Å². The minimum absolute atomic E-state index is 0.112. The molecule has 4 rings (SSSR count). The Kier molecular flexibility index (Phi) is 6.15. The van der Waals surface area contributed by atoms with Gasteiger partial charge < -0.3 is 24.8 Å². The molecule has 0 aromatic heterocycles. The monoisotopic (exact) mass is 411 g/mol. The molecule has 0 aliphatic carbocycles. The molecule has 2 aliphatic rings. The van der Waals surface area contributed by atoms with Gasteiger partial charge in [0.2, 0.25) is 6.79 Å². The summed E-state index contributed by atoms with van der Waals surface area (Å²) in [5.74, 6) is 0.0397. The number of carbonyl (C=O) groups is 2. The minimum Gasteiger partial charge on any atom is -0.454 e. The van der Waals surface area contributed by atoms with Gasteiger partial charge in [-0.25, -0.2) is 0 Å². The second-order valence-corrected chi connectivity index (χ2v) is 7.31. The smallest absolute Gasteiger partial charge is 0.313 e. The second-order valence-electron chi connectivity index (χ2n) is 7.31. The predicted octanol–water partition coefficient (Wildman–Crippen LogP) is 1.85. The van der Waals surface area contributed by atoms with E-state index in [1.165, 1.54) is 0 Å². The molecule has 2 N–H and O–H groups in total. The molecule has 1 fully saturated rings. The van der Waals surface area contributed by atoms with E-state index in [9.17, 15) is 9.59 Å². The Balaban J connectivity index is 1.43. The first-order valence-corrected chi connectivity index (χ1v) is 9.97. The average Bonchev–Trinajstić information content (AvgIpc) is 3.22. The highest BCUT2D eigenvalue weighted by Gasteiger charge is 2.26. The zero-order valence-electron chi connectivity index (χ0n) is 16.8. The fraction of sp³-hybridized carbons (Fsp3) is 0.364. The van der Waals surface area contributed by atoms with Crippen LogP contribution in [0.5, 0.6) is 11.5 Å². The minimum atomic E-state index is -0.688. The van der Waals surface area contributed by atoms with Crippen LogP contribution in [0.15, 0.2) is 42.5 Å². The Morgan fingerprint density at radius 2 is 1.83 bits per heavy atom. The Morgan fingerprint density at radius 3 is 2.63 bits per heavy atom. The van der Waals surface area contributed by atoms with Gasteiger partial charge in [-0.3, -0.25) is 14.5 Å². The third-order valence-electron chi connectivity index (χ3n) is 5.21. The van der Waals surface area contributed by atoms with Crippen molar-refractivity contribution in [3.05, 3.63) is 53.6 Å². The van der Waals surface area contributed by atoms with Crippen molar-refractivity contribution in [3.8, 4) is 11.5 Å². The molecule has 1 unspecified atom stereocenters. The molecule has 1 saturated heterocycles. The molecule has 0 radical (unpaired) electrons. The van der Waals surface area contributed by atoms with Crippen molar-refractivity contribution in [1.29, 1.82) is 0 Å². The standard InChI is InChI=1S/C22H25N3O5/c1-15-3-2-4-17(11-15)24-22(27)21(26)23-13-18(25-7-9-28-10-8-25)16-5-6-19-20(12-16)30-14-29-19/h2-6,11-12,18H,7-10,13-14H2,1H3,(H,23,26)(H,24,27). The summed E-state index contributed by atoms with van der Waals surface area (Å²) in [7, 11) is 0. The summed E-state index contributed by atoms with van der Waals surface area (Å²) in [5, 5.41) is 5.41. The number of nitrogens with one attached hydrogen (secondary N) is 2. The fourth-order valence-corrected chi connectivity index (χ4v) is 3.65. The van der Waals surface area contributed by atoms with Crippen LogP contribution in [0.4, 0.5) is 5.69 Å². The zero-order valence-corrected chi connectivity index (χ0v) is 16.8. The maximum absolute atomic E-state index is 12.4. The van der Waals surface area contributed by atoms with Gasteiger partial charge in [0.25, 0.3) is 0 Å². The van der Waals surface area contributed by atoms with Crippen molar-refractivity contribution in [1.82, 2.24) is 10.2 Å². The van der Waals surface area contributed by atoms with Crippen molar-refractivity contribution >= 4 is 17.5 Å². The Labute approximate surface area is 175 Å². The van der Waals surface area contributed by atoms with Crippen LogP contribution in [-0.2, 0) is 14.3 Å². The molecule has 1 atom stereocenters. The van der Waals surface area contributed by atoms with Gasteiger partial charge in [-0.2, -0.15) is 0 Å². The van der Waals surface area contributed by atoms with E-state index in [0.717, 1.165) is 24.2 Å². The van der Waals surface area contributed by atoms with Crippen LogP contribution < -0.4 is 20.1 Å². The fourth-order valence-electron chi connectivity index (χ4n) is 3.65. The lowest BCUT2D eigenvalue weighted by Gasteiger charge is -2.34. The van der Waals surface area contributed by atoms with Gasteiger partial charge in [-0.15, -0.1) is 0 Å². The number of amides is 2. The normalized spacial score (nSPS) is 16.7. The topological polar surface area (TPSA) is 89.1 Å². The number of aryl methyl sites for hydroxylation is 1. The van der Waals surface area contributed by atoms with E-state index in [4.69, 9.17) is 14.2 Å². The number of anilines is 1. The molecule has 158 valence electrons. The number of nitrogens with zero attached hydrogens (tertiary/aromatic N) is 1. The lowest BCUT2D eigenvalue weighted by atomic mass is 10.0. The third-order valence-corrected chi connectivity index (χ3v) is 5.21. The summed E-state index contributed by atoms with van der Waals surface area (Å²) in [6, 6.07) is 13.0. The molecule has 2 aromatic carbocycles. The molecule has 0 bridgehead atoms. The summed E-state index contributed by atoms with van der Waals surface area (Å²) in [6.07, 6.45) is 0. The van der Waals surface area contributed by atoms with Gasteiger partial charge in [0.15, 0.2) is 11.5 Å². The number of ether oxygens (including phenoxy) is 3. The van der Waals surface area contributed by atoms with Crippen LogP contribution in [0.3, 0.4) is 0 Å². The first kappa shape index (κ1) is 20.2. The van der Waals surface area contributed by atoms with Gasteiger partial charge in [0, 0.05) is 25.3 Å². The maximum Gasteiger partial charge on any atom is 0.313 e. The lowest BCUT2D eigenvalue weighted by molar-refractivity contribution is -0.136. The number of hydrogen-bond donors (Lipinski definition) is 2. The first-order valence-electron chi connectivity index (χ1n) is 9.97. The van der Waals surface area contributed by atoms with E-state index in [2.05, 4.69) is 15.5 Å². The van der Waals surface area contributed by atoms with Crippen molar-refractivity contribution in [3.63, 3.8) is 0 Å². The lowest BCUT2D eigenvalue weighted by Crippen LogP contribution is -2.45. The van der Waals surface area contributed by atoms with Crippen LogP contribution in [0, 0.1) is 6.92 Å². The zero-order chi connectivity index (χ0) is 20.9. The largest absolute Gasteiger partial charge is 0.454 e. The van der Waals surface area contributed by atoms with Crippen LogP contribution in [0.2, 0.25) is 0 Å². The van der Waals surface area contributed by atoms with Crippen molar-refractivity contribution in [2.24, 2.45) is 0 Å². The van der Waals surface area contributed by atoms with E-state index >= 15 is 0 Å². The van der Waals surface area contributed by atoms with Gasteiger partial charge in [0.1, 0.15) is 0 Å². The Morgan fingerprint density at radius 1 is 1.03 bits per heavy atom. The molecule has 8 nitrogen and oxygen atoms in total. The number of hydrogen-bond acceptors (Lipinski definition) is 6. The second kappa shape index (κ2) is 9.15. The van der Waals surface area contributed by atoms with Gasteiger partial charge in [-0.05, 0) is 42.3 Å². The molecule has 2 aromatic rings. The number of morpholine rings is 1. The van der Waals surface area contributed by atoms with Crippen molar-refractivity contribution < 1.29 is 23.8 Å². The summed E-state index contributed by atoms with van der Waals surface area (Å²) < 4.78 is 16.4. The van der Waals surface area contributed by atoms with Gasteiger partial charge in [-0.1, -0.05) is 18.2 Å². The SMILES string of the molecule is Cc1cccc(NC(=O)C(=O)NCC(c2ccc3c(c2)OCO3)N2CCOCC2)c1. The highest BCUT2D eigenvalue weighted by atomic mass is 16.7. The molecule has 2 amide bonds. The maximum atomic E-state index is 12.4. The molecule has 2 aliphatic heterocycles. The van der Waals surface area contributed by atoms with Crippen LogP contribution in [0.1, 0.15) is 17.2 Å². The number of benzene rings is 2. The van der Waals surface area contributed by atoms with Crippen LogP contribution in [0.25, 0.3) is 0 Å². The predicted molar refractivity (Wildman–Crippen MR) is 111 cm³/mol. The molecule has 30 heavy (non-hydrogen) atoms. The first-order chi connectivity index (χ1) is 14.6. The summed E-state index contributed by atoms with van der Waals surface area (Å²) in [5.41, 5.74) is 2.58. The van der Waals surface area contributed by atoms with Crippen molar-refractivity contribution in [2.75, 3.05) is 45.0 Å². The summed E-state index contributed by atoms with van der Waals surface area (Å²) >= 11 is 0. The molecular weight excluding hydrogens is 386 g/mol. The number of fused-ring (bicyclic) bond motifs is 1. The number of rotatable bonds is 5. The molecule has 2 heterocycles. The summed E-state index contributed by atoms with van der Waals surface area (Å²) in [4.78, 5) is 27.0. The van der Waals surface area contributed by atoms with E-state index in [-0.39, 0.29) is 12.8 Å². The number of carbonyl (C=O) groups excluding carboxylic acids is 2. The highest BCUT2D eigenvalue weighted by Crippen LogP contribution is 2.35. The molecule has 0 spiro atoms.